The molecule has 0 aliphatic rings. The van der Waals surface area contributed by atoms with Gasteiger partial charge in [0.25, 0.3) is 0 Å². The minimum absolute atomic E-state index is 0.0776. The Morgan fingerprint density at radius 2 is 1.77 bits per heavy atom. The number of hydrogen-bond acceptors (Lipinski definition) is 4. The monoisotopic (exact) mass is 296 g/mol. The Hall–Kier alpha value is -2.63. The van der Waals surface area contributed by atoms with E-state index in [1.165, 1.54) is 0 Å². The van der Waals surface area contributed by atoms with Crippen LogP contribution >= 0.6 is 0 Å². The molecule has 0 fully saturated rings. The van der Waals surface area contributed by atoms with Crippen LogP contribution in [-0.2, 0) is 11.5 Å². The highest BCUT2D eigenvalue weighted by molar-refractivity contribution is 5.64. The third-order valence-corrected chi connectivity index (χ3v) is 3.39. The van der Waals surface area contributed by atoms with E-state index in [-0.39, 0.29) is 6.61 Å². The number of nitrogens with zero attached hydrogens (tertiary/aromatic N) is 2. The molecule has 2 aromatic carbocycles. The molecule has 5 nitrogen and oxygen atoms in total. The number of aromatic nitrogens is 2. The number of ether oxygens (including phenoxy) is 1. The lowest BCUT2D eigenvalue weighted by atomic mass is 10.1. The summed E-state index contributed by atoms with van der Waals surface area (Å²) >= 11 is 0. The van der Waals surface area contributed by atoms with Crippen molar-refractivity contribution in [2.24, 2.45) is 0 Å². The van der Waals surface area contributed by atoms with Crippen LogP contribution < -0.4 is 4.74 Å². The Morgan fingerprint density at radius 3 is 2.41 bits per heavy atom. The molecule has 1 aromatic heterocycles. The molecule has 0 radical (unpaired) electrons. The van der Waals surface area contributed by atoms with Crippen LogP contribution in [0.25, 0.3) is 16.9 Å². The highest BCUT2D eigenvalue weighted by Crippen LogP contribution is 2.26. The molecule has 3 aromatic rings. The van der Waals surface area contributed by atoms with E-state index >= 15 is 0 Å². The van der Waals surface area contributed by atoms with Crippen molar-refractivity contribution >= 4 is 0 Å². The first-order valence-electron chi connectivity index (χ1n) is 6.86. The molecule has 5 heteroatoms. The van der Waals surface area contributed by atoms with Crippen LogP contribution in [0.1, 0.15) is 5.56 Å². The van der Waals surface area contributed by atoms with Crippen molar-refractivity contribution in [1.29, 1.82) is 0 Å². The number of benzene rings is 2. The van der Waals surface area contributed by atoms with E-state index in [1.807, 2.05) is 60.8 Å². The van der Waals surface area contributed by atoms with Crippen molar-refractivity contribution in [3.8, 4) is 22.7 Å². The summed E-state index contributed by atoms with van der Waals surface area (Å²) in [5.74, 6) is 0.784. The minimum atomic E-state index is 0.0776. The molecular weight excluding hydrogens is 280 g/mol. The predicted octanol–water partition coefficient (Wildman–Crippen LogP) is 3.54. The van der Waals surface area contributed by atoms with Gasteiger partial charge >= 0.3 is 0 Å². The van der Waals surface area contributed by atoms with E-state index in [9.17, 15) is 0 Å². The van der Waals surface area contributed by atoms with E-state index in [0.717, 1.165) is 28.3 Å². The molecule has 0 unspecified atom stereocenters. The summed E-state index contributed by atoms with van der Waals surface area (Å²) in [7, 11) is 1.63. The van der Waals surface area contributed by atoms with Crippen LogP contribution in [0, 0.1) is 0 Å². The third-order valence-electron chi connectivity index (χ3n) is 3.39. The van der Waals surface area contributed by atoms with Crippen molar-refractivity contribution in [3.05, 3.63) is 66.4 Å². The zero-order valence-corrected chi connectivity index (χ0v) is 12.1. The average Bonchev–Trinajstić information content (AvgIpc) is 3.00. The predicted molar refractivity (Wildman–Crippen MR) is 83.0 cm³/mol. The van der Waals surface area contributed by atoms with E-state index in [0.29, 0.717) is 0 Å². The molecular formula is C17H16N2O3. The van der Waals surface area contributed by atoms with Gasteiger partial charge in [0.1, 0.15) is 12.4 Å². The summed E-state index contributed by atoms with van der Waals surface area (Å²) < 4.78 is 6.94. The topological polar surface area (TPSA) is 56.5 Å². The second kappa shape index (κ2) is 6.43. The van der Waals surface area contributed by atoms with E-state index < -0.39 is 0 Å². The van der Waals surface area contributed by atoms with Gasteiger partial charge in [-0.1, -0.05) is 18.2 Å². The molecule has 112 valence electrons. The van der Waals surface area contributed by atoms with E-state index in [2.05, 4.69) is 9.99 Å². The lowest BCUT2D eigenvalue weighted by Gasteiger charge is -2.03. The second-order valence-corrected chi connectivity index (χ2v) is 4.79. The van der Waals surface area contributed by atoms with Gasteiger partial charge in [0.05, 0.1) is 18.5 Å². The summed E-state index contributed by atoms with van der Waals surface area (Å²) in [4.78, 5) is 4.31. The van der Waals surface area contributed by atoms with Gasteiger partial charge in [0, 0.05) is 17.3 Å². The minimum Gasteiger partial charge on any atom is -0.497 e. The number of para-hydroxylation sites is 1. The number of methoxy groups -OCH3 is 1. The molecule has 3 rings (SSSR count). The van der Waals surface area contributed by atoms with Gasteiger partial charge in [-0.15, -0.1) is 0 Å². The standard InChI is InChI=1S/C17H16N2O3/c1-21-16-9-7-13(8-10-16)17-14(12-22-20)11-19(18-17)15-5-3-2-4-6-15/h2-11,20H,12H2,1H3. The van der Waals surface area contributed by atoms with Gasteiger partial charge in [0.2, 0.25) is 0 Å². The fourth-order valence-electron chi connectivity index (χ4n) is 2.29. The Bertz CT molecular complexity index is 736. The number of hydrogen-bond donors (Lipinski definition) is 1. The fourth-order valence-corrected chi connectivity index (χ4v) is 2.29. The highest BCUT2D eigenvalue weighted by atomic mass is 17.1. The Kier molecular flexibility index (Phi) is 4.18. The maximum Gasteiger partial charge on any atom is 0.118 e. The maximum absolute atomic E-state index is 8.80. The molecule has 0 aliphatic heterocycles. The molecule has 0 saturated carbocycles. The van der Waals surface area contributed by atoms with E-state index in [4.69, 9.17) is 9.99 Å². The molecule has 0 aliphatic carbocycles. The first-order valence-corrected chi connectivity index (χ1v) is 6.86. The van der Waals surface area contributed by atoms with Crippen LogP contribution in [0.2, 0.25) is 0 Å². The van der Waals surface area contributed by atoms with Gasteiger partial charge in [0.15, 0.2) is 0 Å². The Labute approximate surface area is 128 Å². The smallest absolute Gasteiger partial charge is 0.118 e. The molecule has 0 saturated heterocycles. The summed E-state index contributed by atoms with van der Waals surface area (Å²) in [5.41, 5.74) is 3.45. The Morgan fingerprint density at radius 1 is 1.05 bits per heavy atom. The van der Waals surface area contributed by atoms with Gasteiger partial charge < -0.3 is 4.74 Å². The number of rotatable bonds is 5. The molecule has 1 N–H and O–H groups in total. The van der Waals surface area contributed by atoms with Crippen LogP contribution in [0.4, 0.5) is 0 Å². The first-order chi connectivity index (χ1) is 10.8. The maximum atomic E-state index is 8.80. The zero-order valence-electron chi connectivity index (χ0n) is 12.1. The Balaban J connectivity index is 2.03. The summed E-state index contributed by atoms with van der Waals surface area (Å²) in [6.45, 7) is 0.0776. The average molecular weight is 296 g/mol. The van der Waals surface area contributed by atoms with Crippen LogP contribution in [-0.4, -0.2) is 22.1 Å². The first kappa shape index (κ1) is 14.3. The van der Waals surface area contributed by atoms with Crippen molar-refractivity contribution in [1.82, 2.24) is 9.78 Å². The quantitative estimate of drug-likeness (QED) is 0.578. The highest BCUT2D eigenvalue weighted by Gasteiger charge is 2.12. The second-order valence-electron chi connectivity index (χ2n) is 4.79. The zero-order chi connectivity index (χ0) is 15.4. The summed E-state index contributed by atoms with van der Waals surface area (Å²) in [6.07, 6.45) is 1.85. The molecule has 0 amide bonds. The molecule has 0 spiro atoms. The van der Waals surface area contributed by atoms with Crippen molar-refractivity contribution in [3.63, 3.8) is 0 Å². The van der Waals surface area contributed by atoms with E-state index in [1.54, 1.807) is 11.8 Å². The van der Waals surface area contributed by atoms with Crippen LogP contribution in [0.3, 0.4) is 0 Å². The fraction of sp³-hybridized carbons (Fsp3) is 0.118. The van der Waals surface area contributed by atoms with Gasteiger partial charge in [-0.25, -0.2) is 9.57 Å². The largest absolute Gasteiger partial charge is 0.497 e. The van der Waals surface area contributed by atoms with Gasteiger partial charge in [-0.2, -0.15) is 5.10 Å². The molecule has 0 bridgehead atoms. The summed E-state index contributed by atoms with van der Waals surface area (Å²) in [5, 5.41) is 13.4. The van der Waals surface area contributed by atoms with Crippen LogP contribution in [0.15, 0.2) is 60.8 Å². The van der Waals surface area contributed by atoms with Crippen molar-refractivity contribution in [2.75, 3.05) is 7.11 Å². The summed E-state index contributed by atoms with van der Waals surface area (Å²) in [6, 6.07) is 17.4. The van der Waals surface area contributed by atoms with Crippen molar-refractivity contribution in [2.45, 2.75) is 6.61 Å². The van der Waals surface area contributed by atoms with Gasteiger partial charge in [-0.05, 0) is 36.4 Å². The lowest BCUT2D eigenvalue weighted by Crippen LogP contribution is -1.94. The molecule has 0 atom stereocenters. The molecule has 1 heterocycles. The van der Waals surface area contributed by atoms with Crippen LogP contribution in [0.5, 0.6) is 5.75 Å². The lowest BCUT2D eigenvalue weighted by molar-refractivity contribution is -0.252. The SMILES string of the molecule is COc1ccc(-c2nn(-c3ccccc3)cc2COO)cc1. The van der Waals surface area contributed by atoms with Gasteiger partial charge in [-0.3, -0.25) is 5.26 Å². The van der Waals surface area contributed by atoms with Crippen molar-refractivity contribution < 1.29 is 14.9 Å². The third kappa shape index (κ3) is 2.86. The molecule has 22 heavy (non-hydrogen) atoms. The normalized spacial score (nSPS) is 10.6.